The van der Waals surface area contributed by atoms with E-state index in [-0.39, 0.29) is 0 Å². The van der Waals surface area contributed by atoms with Crippen molar-refractivity contribution >= 4 is 39.3 Å². The molecule has 5 heteroatoms. The lowest BCUT2D eigenvalue weighted by Gasteiger charge is -2.17. The van der Waals surface area contributed by atoms with Crippen LogP contribution in [0.2, 0.25) is 0 Å². The highest BCUT2D eigenvalue weighted by atomic mass is 16.6. The van der Waals surface area contributed by atoms with Crippen LogP contribution in [-0.2, 0) is 14.3 Å². The predicted molar refractivity (Wildman–Crippen MR) is 112 cm³/mol. The Morgan fingerprint density at radius 3 is 1.43 bits per heavy atom. The van der Waals surface area contributed by atoms with Crippen molar-refractivity contribution in [2.45, 2.75) is 0 Å². The molecule has 146 valence electrons. The average molecular weight is 396 g/mol. The molecule has 30 heavy (non-hydrogen) atoms. The maximum absolute atomic E-state index is 13.0. The van der Waals surface area contributed by atoms with Crippen LogP contribution in [0.1, 0.15) is 20.7 Å². The van der Waals surface area contributed by atoms with Gasteiger partial charge in [-0.25, -0.2) is 9.59 Å². The smallest absolute Gasteiger partial charge is 0.339 e. The number of ether oxygens (including phenoxy) is 2. The lowest BCUT2D eigenvalue weighted by atomic mass is 9.87. The Hall–Kier alpha value is -3.99. The fraction of sp³-hybridized carbons (Fsp3) is 0.0800. The number of benzene rings is 4. The molecular formula is C25H16O5. The van der Waals surface area contributed by atoms with Crippen LogP contribution in [0, 0.1) is 0 Å². The number of hydrogen-bond donors (Lipinski definition) is 0. The van der Waals surface area contributed by atoms with E-state index in [1.807, 2.05) is 60.7 Å². The minimum Gasteiger partial charge on any atom is -0.454 e. The fourth-order valence-electron chi connectivity index (χ4n) is 3.91. The highest BCUT2D eigenvalue weighted by molar-refractivity contribution is 6.18. The Morgan fingerprint density at radius 2 is 0.967 bits per heavy atom. The molecule has 0 atom stereocenters. The Balaban J connectivity index is 1.96. The molecule has 0 saturated heterocycles. The Morgan fingerprint density at radius 1 is 0.533 bits per heavy atom. The highest BCUT2D eigenvalue weighted by Crippen LogP contribution is 2.39. The summed E-state index contributed by atoms with van der Waals surface area (Å²) in [6.45, 7) is -0.898. The standard InChI is InChI=1S/C25H16O5/c26-17-13-29-24(27)20-11-9-15-5-1-3-7-18(15)22(20)23-19-8-4-2-6-16(19)10-12-21(23)25(28)30-14-17/h1-12H,13-14H2. The Bertz CT molecular complexity index is 1250. The third-order valence-corrected chi connectivity index (χ3v) is 5.28. The summed E-state index contributed by atoms with van der Waals surface area (Å²) in [6, 6.07) is 22.3. The Kier molecular flexibility index (Phi) is 4.29. The van der Waals surface area contributed by atoms with Crippen LogP contribution in [-0.4, -0.2) is 30.9 Å². The van der Waals surface area contributed by atoms with Crippen LogP contribution >= 0.6 is 0 Å². The van der Waals surface area contributed by atoms with E-state index in [0.29, 0.717) is 22.3 Å². The maximum atomic E-state index is 13.0. The Labute approximate surface area is 171 Å². The van der Waals surface area contributed by atoms with Gasteiger partial charge in [0, 0.05) is 11.1 Å². The minimum absolute atomic E-state index is 0.300. The zero-order chi connectivity index (χ0) is 20.7. The van der Waals surface area contributed by atoms with Crippen molar-refractivity contribution in [1.82, 2.24) is 0 Å². The lowest BCUT2D eigenvalue weighted by molar-refractivity contribution is -0.125. The fourth-order valence-corrected chi connectivity index (χ4v) is 3.91. The van der Waals surface area contributed by atoms with Gasteiger partial charge in [0.05, 0.1) is 11.1 Å². The molecule has 5 nitrogen and oxygen atoms in total. The molecule has 4 aromatic rings. The predicted octanol–water partition coefficient (Wildman–Crippen LogP) is 4.56. The van der Waals surface area contributed by atoms with Crippen LogP contribution in [0.3, 0.4) is 0 Å². The van der Waals surface area contributed by atoms with Gasteiger partial charge in [-0.1, -0.05) is 60.7 Å². The average Bonchev–Trinajstić information content (AvgIpc) is 2.80. The van der Waals surface area contributed by atoms with Crippen molar-refractivity contribution in [2.75, 3.05) is 13.2 Å². The van der Waals surface area contributed by atoms with Crippen LogP contribution in [0.15, 0.2) is 72.8 Å². The number of Topliss-reactive ketones (excluding diaryl/α,β-unsaturated/α-hetero) is 1. The van der Waals surface area contributed by atoms with Gasteiger partial charge in [0.1, 0.15) is 0 Å². The molecule has 1 aliphatic rings. The molecule has 0 radical (unpaired) electrons. The normalized spacial score (nSPS) is 14.5. The van der Waals surface area contributed by atoms with Gasteiger partial charge in [0.2, 0.25) is 5.78 Å². The lowest BCUT2D eigenvalue weighted by Crippen LogP contribution is -2.20. The van der Waals surface area contributed by atoms with Crippen molar-refractivity contribution in [3.63, 3.8) is 0 Å². The summed E-state index contributed by atoms with van der Waals surface area (Å²) >= 11 is 0. The van der Waals surface area contributed by atoms with Crippen molar-refractivity contribution in [2.24, 2.45) is 0 Å². The molecule has 0 amide bonds. The van der Waals surface area contributed by atoms with Gasteiger partial charge in [0.15, 0.2) is 13.2 Å². The quantitative estimate of drug-likeness (QED) is 0.408. The minimum atomic E-state index is -0.614. The van der Waals surface area contributed by atoms with Crippen molar-refractivity contribution in [1.29, 1.82) is 0 Å². The summed E-state index contributed by atoms with van der Waals surface area (Å²) in [5.41, 5.74) is 1.79. The summed E-state index contributed by atoms with van der Waals surface area (Å²) in [5.74, 6) is -1.71. The first-order chi connectivity index (χ1) is 14.6. The first-order valence-corrected chi connectivity index (χ1v) is 9.53. The zero-order valence-electron chi connectivity index (χ0n) is 15.9. The monoisotopic (exact) mass is 396 g/mol. The van der Waals surface area contributed by atoms with E-state index >= 15 is 0 Å². The van der Waals surface area contributed by atoms with Gasteiger partial charge in [-0.15, -0.1) is 0 Å². The van der Waals surface area contributed by atoms with E-state index in [1.54, 1.807) is 12.1 Å². The second-order valence-electron chi connectivity index (χ2n) is 7.11. The highest BCUT2D eigenvalue weighted by Gasteiger charge is 2.26. The summed E-state index contributed by atoms with van der Waals surface area (Å²) in [4.78, 5) is 37.9. The first-order valence-electron chi connectivity index (χ1n) is 9.53. The van der Waals surface area contributed by atoms with Crippen LogP contribution in [0.5, 0.6) is 0 Å². The number of carbonyl (C=O) groups excluding carboxylic acids is 3. The summed E-state index contributed by atoms with van der Waals surface area (Å²) in [5, 5.41) is 3.45. The molecule has 0 saturated carbocycles. The second kappa shape index (κ2) is 7.12. The number of cyclic esters (lactones) is 2. The number of carbonyl (C=O) groups is 3. The van der Waals surface area contributed by atoms with Crippen LogP contribution in [0.25, 0.3) is 32.7 Å². The van der Waals surface area contributed by atoms with Crippen molar-refractivity contribution < 1.29 is 23.9 Å². The molecule has 0 bridgehead atoms. The second-order valence-corrected chi connectivity index (χ2v) is 7.11. The molecule has 0 spiro atoms. The van der Waals surface area contributed by atoms with E-state index in [9.17, 15) is 14.4 Å². The largest absolute Gasteiger partial charge is 0.454 e. The van der Waals surface area contributed by atoms with E-state index in [4.69, 9.17) is 9.47 Å². The first kappa shape index (κ1) is 18.1. The molecule has 0 N–H and O–H groups in total. The van der Waals surface area contributed by atoms with E-state index < -0.39 is 30.9 Å². The summed E-state index contributed by atoms with van der Waals surface area (Å²) < 4.78 is 10.5. The van der Waals surface area contributed by atoms with Crippen LogP contribution in [0.4, 0.5) is 0 Å². The molecule has 0 unspecified atom stereocenters. The van der Waals surface area contributed by atoms with Gasteiger partial charge in [-0.05, 0) is 33.7 Å². The number of hydrogen-bond acceptors (Lipinski definition) is 5. The topological polar surface area (TPSA) is 69.7 Å². The number of fused-ring (bicyclic) bond motifs is 7. The molecule has 1 aliphatic heterocycles. The van der Waals surface area contributed by atoms with Crippen LogP contribution < -0.4 is 0 Å². The van der Waals surface area contributed by atoms with Gasteiger partial charge in [0.25, 0.3) is 0 Å². The zero-order valence-corrected chi connectivity index (χ0v) is 15.9. The van der Waals surface area contributed by atoms with Gasteiger partial charge in [-0.3, -0.25) is 4.79 Å². The van der Waals surface area contributed by atoms with E-state index in [2.05, 4.69) is 0 Å². The number of rotatable bonds is 0. The van der Waals surface area contributed by atoms with Gasteiger partial charge < -0.3 is 9.47 Å². The third kappa shape index (κ3) is 2.92. The molecule has 0 aromatic heterocycles. The number of esters is 2. The molecule has 4 aromatic carbocycles. The van der Waals surface area contributed by atoms with Crippen molar-refractivity contribution in [3.05, 3.63) is 83.9 Å². The summed E-state index contributed by atoms with van der Waals surface area (Å²) in [7, 11) is 0. The third-order valence-electron chi connectivity index (χ3n) is 5.28. The molecule has 5 rings (SSSR count). The van der Waals surface area contributed by atoms with Gasteiger partial charge >= 0.3 is 11.9 Å². The molecule has 1 heterocycles. The summed E-state index contributed by atoms with van der Waals surface area (Å²) in [6.07, 6.45) is 0. The van der Waals surface area contributed by atoms with Gasteiger partial charge in [-0.2, -0.15) is 0 Å². The van der Waals surface area contributed by atoms with Crippen molar-refractivity contribution in [3.8, 4) is 11.1 Å². The van der Waals surface area contributed by atoms with E-state index in [0.717, 1.165) is 21.5 Å². The molecule has 0 fully saturated rings. The SMILES string of the molecule is O=C1COC(=O)c2ccc3ccccc3c2-c2c(ccc3ccccc23)C(=O)OC1. The molecule has 0 aliphatic carbocycles. The molecular weight excluding hydrogens is 380 g/mol. The maximum Gasteiger partial charge on any atom is 0.339 e. The van der Waals surface area contributed by atoms with E-state index in [1.165, 1.54) is 0 Å². The number of ketones is 1.